The fraction of sp³-hybridized carbons (Fsp3) is 0.296. The number of hydrogen-bond donors (Lipinski definition) is 1. The molecule has 0 bridgehead atoms. The maximum absolute atomic E-state index is 13.4. The van der Waals surface area contributed by atoms with E-state index in [9.17, 15) is 13.2 Å². The summed E-state index contributed by atoms with van der Waals surface area (Å²) in [6, 6.07) is 13.6. The predicted molar refractivity (Wildman–Crippen MR) is 150 cm³/mol. The Balaban J connectivity index is 0.00000370. The molecule has 0 spiro atoms. The van der Waals surface area contributed by atoms with Crippen LogP contribution in [0, 0.1) is 0 Å². The van der Waals surface area contributed by atoms with Gasteiger partial charge in [0.05, 0.1) is 24.6 Å². The van der Waals surface area contributed by atoms with Crippen molar-refractivity contribution in [1.82, 2.24) is 19.4 Å². The number of hydrogen-bond acceptors (Lipinski definition) is 8. The van der Waals surface area contributed by atoms with Crippen LogP contribution in [0.15, 0.2) is 72.1 Å². The van der Waals surface area contributed by atoms with E-state index in [1.165, 1.54) is 18.6 Å². The first-order valence-electron chi connectivity index (χ1n) is 12.5. The molecule has 1 aliphatic heterocycles. The number of benzene rings is 2. The van der Waals surface area contributed by atoms with Crippen molar-refractivity contribution in [2.24, 2.45) is 0 Å². The molecule has 1 aliphatic rings. The molecule has 1 fully saturated rings. The molecule has 4 aromatic rings. The number of anilines is 2. The van der Waals surface area contributed by atoms with Gasteiger partial charge in [-0.25, -0.2) is 18.4 Å². The van der Waals surface area contributed by atoms with Crippen LogP contribution in [0.2, 0.25) is 0 Å². The Morgan fingerprint density at radius 3 is 2.33 bits per heavy atom. The number of fused-ring (bicyclic) bond motifs is 1. The first-order chi connectivity index (χ1) is 18.8. The standard InChI is InChI=1S/C27H30N6O5S.H2/c1-19(33-11-9-20-16-24(37-2)25(38-3)17-23(20)33)27(34)32-14-12-31(13-15-32)21-4-6-22(7-5-21)39(35,36)30-26-8-10-28-18-29-26;/h4-11,16-19H,12-15H2,1-3H3,(H,28,29,30);1H. The number of nitrogens with zero attached hydrogens (tertiary/aromatic N) is 5. The molecular formula is C27H32N6O5S. The summed E-state index contributed by atoms with van der Waals surface area (Å²) in [6.45, 7) is 4.31. The third-order valence-corrected chi connectivity index (χ3v) is 8.30. The quantitative estimate of drug-likeness (QED) is 0.353. The number of piperazine rings is 1. The average Bonchev–Trinajstić information content (AvgIpc) is 3.39. The maximum Gasteiger partial charge on any atom is 0.263 e. The van der Waals surface area contributed by atoms with Crippen LogP contribution in [-0.2, 0) is 14.8 Å². The molecule has 1 amide bonds. The first kappa shape index (κ1) is 26.3. The highest BCUT2D eigenvalue weighted by Crippen LogP contribution is 2.34. The van der Waals surface area contributed by atoms with Crippen molar-refractivity contribution in [3.8, 4) is 11.5 Å². The molecule has 1 unspecified atom stereocenters. The lowest BCUT2D eigenvalue weighted by Gasteiger charge is -2.37. The van der Waals surface area contributed by atoms with Gasteiger partial charge in [-0.1, -0.05) is 0 Å². The summed E-state index contributed by atoms with van der Waals surface area (Å²) < 4.78 is 40.6. The predicted octanol–water partition coefficient (Wildman–Crippen LogP) is 3.41. The van der Waals surface area contributed by atoms with Gasteiger partial charge in [-0.3, -0.25) is 9.52 Å². The van der Waals surface area contributed by atoms with Gasteiger partial charge in [0.15, 0.2) is 11.5 Å². The zero-order valence-corrected chi connectivity index (χ0v) is 22.8. The Morgan fingerprint density at radius 2 is 1.69 bits per heavy atom. The second-order valence-corrected chi connectivity index (χ2v) is 10.9. The van der Waals surface area contributed by atoms with Gasteiger partial charge in [0.2, 0.25) is 5.91 Å². The van der Waals surface area contributed by atoms with Crippen LogP contribution in [-0.4, -0.2) is 74.2 Å². The molecule has 1 N–H and O–H groups in total. The summed E-state index contributed by atoms with van der Waals surface area (Å²) in [5.41, 5.74) is 1.80. The maximum atomic E-state index is 13.4. The molecule has 39 heavy (non-hydrogen) atoms. The lowest BCUT2D eigenvalue weighted by atomic mass is 10.2. The lowest BCUT2D eigenvalue weighted by Crippen LogP contribution is -2.50. The smallest absolute Gasteiger partial charge is 0.263 e. The van der Waals surface area contributed by atoms with E-state index < -0.39 is 10.0 Å². The third kappa shape index (κ3) is 5.32. The molecule has 11 nitrogen and oxygen atoms in total. The number of carbonyl (C=O) groups excluding carboxylic acids is 1. The van der Waals surface area contributed by atoms with E-state index in [2.05, 4.69) is 19.6 Å². The molecule has 12 heteroatoms. The summed E-state index contributed by atoms with van der Waals surface area (Å²) in [6.07, 6.45) is 4.66. The molecular weight excluding hydrogens is 520 g/mol. The number of rotatable bonds is 8. The van der Waals surface area contributed by atoms with E-state index in [0.717, 1.165) is 16.6 Å². The number of carbonyl (C=O) groups is 1. The summed E-state index contributed by atoms with van der Waals surface area (Å²) in [4.78, 5) is 25.3. The van der Waals surface area contributed by atoms with E-state index in [4.69, 9.17) is 9.47 Å². The molecule has 0 radical (unpaired) electrons. The average molecular weight is 553 g/mol. The number of aromatic nitrogens is 3. The largest absolute Gasteiger partial charge is 0.493 e. The van der Waals surface area contributed by atoms with Crippen molar-refractivity contribution in [2.45, 2.75) is 17.9 Å². The Bertz CT molecular complexity index is 1570. The molecule has 5 rings (SSSR count). The minimum absolute atomic E-state index is 0. The first-order valence-corrected chi connectivity index (χ1v) is 13.9. The van der Waals surface area contributed by atoms with E-state index in [0.29, 0.717) is 37.7 Å². The Labute approximate surface area is 228 Å². The summed E-state index contributed by atoms with van der Waals surface area (Å²) in [7, 11) is -0.574. The zero-order chi connectivity index (χ0) is 27.6. The summed E-state index contributed by atoms with van der Waals surface area (Å²) >= 11 is 0. The second-order valence-electron chi connectivity index (χ2n) is 9.17. The van der Waals surface area contributed by atoms with Crippen LogP contribution >= 0.6 is 0 Å². The van der Waals surface area contributed by atoms with Crippen LogP contribution in [0.25, 0.3) is 10.9 Å². The van der Waals surface area contributed by atoms with Gasteiger partial charge < -0.3 is 23.8 Å². The number of amides is 1. The Kier molecular flexibility index (Phi) is 7.29. The van der Waals surface area contributed by atoms with Crippen LogP contribution < -0.4 is 19.1 Å². The molecule has 1 saturated heterocycles. The molecule has 2 aromatic carbocycles. The molecule has 0 aliphatic carbocycles. The highest BCUT2D eigenvalue weighted by molar-refractivity contribution is 7.92. The third-order valence-electron chi connectivity index (χ3n) is 6.92. The molecule has 0 saturated carbocycles. The minimum atomic E-state index is -3.76. The van der Waals surface area contributed by atoms with Gasteiger partial charge in [0, 0.05) is 57.1 Å². The highest BCUT2D eigenvalue weighted by Gasteiger charge is 2.27. The van der Waals surface area contributed by atoms with E-state index in [1.807, 2.05) is 40.8 Å². The van der Waals surface area contributed by atoms with E-state index in [1.54, 1.807) is 38.5 Å². The van der Waals surface area contributed by atoms with Crippen LogP contribution in [0.5, 0.6) is 11.5 Å². The van der Waals surface area contributed by atoms with Crippen molar-refractivity contribution in [1.29, 1.82) is 0 Å². The van der Waals surface area contributed by atoms with Gasteiger partial charge in [-0.15, -0.1) is 0 Å². The van der Waals surface area contributed by atoms with Crippen molar-refractivity contribution < 1.29 is 24.1 Å². The monoisotopic (exact) mass is 552 g/mol. The topological polar surface area (TPSA) is 119 Å². The molecule has 3 heterocycles. The van der Waals surface area contributed by atoms with Gasteiger partial charge in [-0.05, 0) is 49.4 Å². The summed E-state index contributed by atoms with van der Waals surface area (Å²) in [5, 5.41) is 0.967. The number of sulfonamides is 1. The Hall–Kier alpha value is -4.32. The van der Waals surface area contributed by atoms with Gasteiger partial charge in [0.25, 0.3) is 10.0 Å². The van der Waals surface area contributed by atoms with Gasteiger partial charge >= 0.3 is 0 Å². The molecule has 2 aromatic heterocycles. The number of ether oxygens (including phenoxy) is 2. The fourth-order valence-corrected chi connectivity index (χ4v) is 5.78. The van der Waals surface area contributed by atoms with E-state index in [-0.39, 0.29) is 24.1 Å². The van der Waals surface area contributed by atoms with Crippen molar-refractivity contribution in [3.05, 3.63) is 67.3 Å². The van der Waals surface area contributed by atoms with Gasteiger partial charge in [0.1, 0.15) is 18.2 Å². The van der Waals surface area contributed by atoms with Gasteiger partial charge in [-0.2, -0.15) is 0 Å². The van der Waals surface area contributed by atoms with Crippen molar-refractivity contribution in [2.75, 3.05) is 50.0 Å². The van der Waals surface area contributed by atoms with Crippen molar-refractivity contribution >= 4 is 38.3 Å². The number of methoxy groups -OCH3 is 2. The Morgan fingerprint density at radius 1 is 1.00 bits per heavy atom. The summed E-state index contributed by atoms with van der Waals surface area (Å²) in [5.74, 6) is 1.50. The second kappa shape index (κ2) is 10.8. The minimum Gasteiger partial charge on any atom is -0.493 e. The fourth-order valence-electron chi connectivity index (χ4n) is 4.77. The number of nitrogens with one attached hydrogen (secondary N) is 1. The van der Waals surface area contributed by atoms with Crippen molar-refractivity contribution in [3.63, 3.8) is 0 Å². The molecule has 1 atom stereocenters. The van der Waals surface area contributed by atoms with E-state index >= 15 is 0 Å². The zero-order valence-electron chi connectivity index (χ0n) is 21.9. The SMILES string of the molecule is COc1cc2ccn(C(C)C(=O)N3CCN(c4ccc(S(=O)(=O)Nc5ccncn5)cc4)CC3)c2cc1OC.[HH]. The normalized spacial score (nSPS) is 14.7. The van der Waals surface area contributed by atoms with Crippen LogP contribution in [0.1, 0.15) is 14.4 Å². The van der Waals surface area contributed by atoms with Crippen LogP contribution in [0.4, 0.5) is 11.5 Å². The van der Waals surface area contributed by atoms with Crippen LogP contribution in [0.3, 0.4) is 0 Å². The molecule has 206 valence electrons. The lowest BCUT2D eigenvalue weighted by molar-refractivity contribution is -0.134. The highest BCUT2D eigenvalue weighted by atomic mass is 32.2.